The van der Waals surface area contributed by atoms with Crippen molar-refractivity contribution in [2.45, 2.75) is 51.9 Å². The summed E-state index contributed by atoms with van der Waals surface area (Å²) in [6.45, 7) is 2.16. The van der Waals surface area contributed by atoms with Crippen molar-refractivity contribution in [3.63, 3.8) is 0 Å². The Balaban J connectivity index is 2.31. The largest absolute Gasteiger partial charge is 0.298 e. The first-order valence-corrected chi connectivity index (χ1v) is 5.35. The van der Waals surface area contributed by atoms with E-state index in [-0.39, 0.29) is 5.92 Å². The van der Waals surface area contributed by atoms with Gasteiger partial charge in [0.15, 0.2) is 0 Å². The first-order valence-electron chi connectivity index (χ1n) is 5.35. The molecule has 0 heterocycles. The van der Waals surface area contributed by atoms with Crippen LogP contribution in [0.4, 0.5) is 0 Å². The lowest BCUT2D eigenvalue weighted by molar-refractivity contribution is -0.122. The molecule has 1 rings (SSSR count). The molecule has 0 amide bonds. The van der Waals surface area contributed by atoms with Gasteiger partial charge in [-0.1, -0.05) is 25.7 Å². The Hall–Kier alpha value is -0.770. The third-order valence-corrected chi connectivity index (χ3v) is 2.49. The summed E-state index contributed by atoms with van der Waals surface area (Å²) in [6, 6.07) is 0. The van der Waals surface area contributed by atoms with Crippen molar-refractivity contribution in [2.24, 2.45) is 5.92 Å². The van der Waals surface area contributed by atoms with Gasteiger partial charge in [0.2, 0.25) is 0 Å². The molecule has 0 saturated heterocycles. The van der Waals surface area contributed by atoms with Gasteiger partial charge in [-0.15, -0.1) is 5.92 Å². The smallest absolute Gasteiger partial charge is 0.147 e. The standard InChI is InChI=1S/C12H18O/c1-2-3-4-5-8-11-9-6-7-10-12(11)13/h11H,2-4,6-7,9-10H2,1H3. The Morgan fingerprint density at radius 1 is 1.46 bits per heavy atom. The van der Waals surface area contributed by atoms with Crippen molar-refractivity contribution in [3.05, 3.63) is 0 Å². The van der Waals surface area contributed by atoms with E-state index < -0.39 is 0 Å². The van der Waals surface area contributed by atoms with Crippen LogP contribution in [0.2, 0.25) is 0 Å². The van der Waals surface area contributed by atoms with Gasteiger partial charge in [0.1, 0.15) is 5.78 Å². The molecule has 1 atom stereocenters. The van der Waals surface area contributed by atoms with Crippen molar-refractivity contribution < 1.29 is 4.79 Å². The summed E-state index contributed by atoms with van der Waals surface area (Å²) in [5.41, 5.74) is 0. The van der Waals surface area contributed by atoms with Gasteiger partial charge in [0.25, 0.3) is 0 Å². The molecule has 1 heteroatoms. The van der Waals surface area contributed by atoms with E-state index in [1.54, 1.807) is 0 Å². The molecule has 1 aliphatic rings. The van der Waals surface area contributed by atoms with Gasteiger partial charge in [-0.05, 0) is 19.3 Å². The lowest BCUT2D eigenvalue weighted by Gasteiger charge is -2.14. The topological polar surface area (TPSA) is 17.1 Å². The van der Waals surface area contributed by atoms with Gasteiger partial charge in [0, 0.05) is 12.8 Å². The minimum absolute atomic E-state index is 0.0746. The molecule has 1 fully saturated rings. The van der Waals surface area contributed by atoms with Crippen molar-refractivity contribution in [2.75, 3.05) is 0 Å². The average Bonchev–Trinajstić information content (AvgIpc) is 2.15. The molecule has 0 aromatic heterocycles. The lowest BCUT2D eigenvalue weighted by atomic mass is 9.88. The second-order valence-electron chi connectivity index (χ2n) is 3.69. The number of Topliss-reactive ketones (excluding diaryl/α,β-unsaturated/α-hetero) is 1. The fourth-order valence-corrected chi connectivity index (χ4v) is 1.60. The molecule has 0 aromatic carbocycles. The third-order valence-electron chi connectivity index (χ3n) is 2.49. The van der Waals surface area contributed by atoms with Gasteiger partial charge in [-0.2, -0.15) is 0 Å². The maximum atomic E-state index is 11.4. The minimum atomic E-state index is 0.0746. The molecule has 0 spiro atoms. The number of ketones is 1. The van der Waals surface area contributed by atoms with Crippen molar-refractivity contribution >= 4 is 5.78 Å². The first kappa shape index (κ1) is 10.3. The van der Waals surface area contributed by atoms with Crippen LogP contribution in [0.15, 0.2) is 0 Å². The van der Waals surface area contributed by atoms with Crippen LogP contribution in [0.1, 0.15) is 51.9 Å². The van der Waals surface area contributed by atoms with Crippen LogP contribution in [0.5, 0.6) is 0 Å². The summed E-state index contributed by atoms with van der Waals surface area (Å²) in [6.07, 6.45) is 7.32. The number of unbranched alkanes of at least 4 members (excludes halogenated alkanes) is 2. The van der Waals surface area contributed by atoms with Crippen LogP contribution in [0, 0.1) is 17.8 Å². The second-order valence-corrected chi connectivity index (χ2v) is 3.69. The molecule has 1 saturated carbocycles. The van der Waals surface area contributed by atoms with E-state index in [0.29, 0.717) is 5.78 Å². The van der Waals surface area contributed by atoms with Crippen molar-refractivity contribution in [1.82, 2.24) is 0 Å². The third kappa shape index (κ3) is 3.63. The predicted octanol–water partition coefficient (Wildman–Crippen LogP) is 2.94. The molecule has 1 unspecified atom stereocenters. The fourth-order valence-electron chi connectivity index (χ4n) is 1.60. The van der Waals surface area contributed by atoms with Gasteiger partial charge in [0.05, 0.1) is 5.92 Å². The summed E-state index contributed by atoms with van der Waals surface area (Å²) in [5.74, 6) is 6.67. The second kappa shape index (κ2) is 5.80. The van der Waals surface area contributed by atoms with Gasteiger partial charge in [-0.25, -0.2) is 0 Å². The fraction of sp³-hybridized carbons (Fsp3) is 0.750. The number of hydrogen-bond acceptors (Lipinski definition) is 1. The highest BCUT2D eigenvalue weighted by Crippen LogP contribution is 2.19. The number of carbonyl (C=O) groups is 1. The SMILES string of the molecule is CCCCC#CC1CCCCC1=O. The van der Waals surface area contributed by atoms with Crippen LogP contribution in [-0.4, -0.2) is 5.78 Å². The van der Waals surface area contributed by atoms with Gasteiger partial charge < -0.3 is 0 Å². The Labute approximate surface area is 80.9 Å². The normalized spacial score (nSPS) is 22.2. The zero-order valence-corrected chi connectivity index (χ0v) is 8.44. The van der Waals surface area contributed by atoms with Crippen molar-refractivity contribution in [1.29, 1.82) is 0 Å². The molecule has 0 bridgehead atoms. The Morgan fingerprint density at radius 2 is 2.31 bits per heavy atom. The summed E-state index contributed by atoms with van der Waals surface area (Å²) < 4.78 is 0. The van der Waals surface area contributed by atoms with Crippen molar-refractivity contribution in [3.8, 4) is 11.8 Å². The molecule has 0 radical (unpaired) electrons. The van der Waals surface area contributed by atoms with E-state index in [1.807, 2.05) is 0 Å². The quantitative estimate of drug-likeness (QED) is 0.469. The first-order chi connectivity index (χ1) is 6.34. The molecular formula is C12H18O. The number of carbonyl (C=O) groups excluding carboxylic acids is 1. The summed E-state index contributed by atoms with van der Waals surface area (Å²) in [7, 11) is 0. The predicted molar refractivity (Wildman–Crippen MR) is 54.3 cm³/mol. The summed E-state index contributed by atoms with van der Waals surface area (Å²) in [4.78, 5) is 11.4. The number of hydrogen-bond donors (Lipinski definition) is 0. The molecule has 0 N–H and O–H groups in total. The molecule has 0 aliphatic heterocycles. The van der Waals surface area contributed by atoms with Crippen LogP contribution < -0.4 is 0 Å². The molecular weight excluding hydrogens is 160 g/mol. The summed E-state index contributed by atoms with van der Waals surface area (Å²) in [5, 5.41) is 0. The van der Waals surface area contributed by atoms with E-state index in [1.165, 1.54) is 12.8 Å². The molecule has 1 aliphatic carbocycles. The highest BCUT2D eigenvalue weighted by Gasteiger charge is 2.19. The van der Waals surface area contributed by atoms with Gasteiger partial charge in [-0.3, -0.25) is 4.79 Å². The van der Waals surface area contributed by atoms with Crippen LogP contribution in [0.3, 0.4) is 0 Å². The molecule has 72 valence electrons. The average molecular weight is 178 g/mol. The minimum Gasteiger partial charge on any atom is -0.298 e. The number of rotatable bonds is 2. The van der Waals surface area contributed by atoms with E-state index in [9.17, 15) is 4.79 Å². The molecule has 0 aromatic rings. The van der Waals surface area contributed by atoms with E-state index in [2.05, 4.69) is 18.8 Å². The van der Waals surface area contributed by atoms with E-state index >= 15 is 0 Å². The highest BCUT2D eigenvalue weighted by molar-refractivity contribution is 5.84. The monoisotopic (exact) mass is 178 g/mol. The van der Waals surface area contributed by atoms with Crippen LogP contribution in [0.25, 0.3) is 0 Å². The van der Waals surface area contributed by atoms with E-state index in [0.717, 1.165) is 32.1 Å². The Morgan fingerprint density at radius 3 is 3.00 bits per heavy atom. The van der Waals surface area contributed by atoms with Gasteiger partial charge >= 0.3 is 0 Å². The zero-order chi connectivity index (χ0) is 9.52. The molecule has 1 nitrogen and oxygen atoms in total. The maximum absolute atomic E-state index is 11.4. The lowest BCUT2D eigenvalue weighted by Crippen LogP contribution is -2.16. The highest BCUT2D eigenvalue weighted by atomic mass is 16.1. The Bertz CT molecular complexity index is 219. The van der Waals surface area contributed by atoms with E-state index in [4.69, 9.17) is 0 Å². The zero-order valence-electron chi connectivity index (χ0n) is 8.44. The molecule has 13 heavy (non-hydrogen) atoms. The Kier molecular flexibility index (Phi) is 4.60. The van der Waals surface area contributed by atoms with Crippen LogP contribution in [-0.2, 0) is 4.79 Å². The van der Waals surface area contributed by atoms with Crippen LogP contribution >= 0.6 is 0 Å². The maximum Gasteiger partial charge on any atom is 0.147 e. The summed E-state index contributed by atoms with van der Waals surface area (Å²) >= 11 is 0.